The second-order valence-corrected chi connectivity index (χ2v) is 9.41. The molecule has 2 aliphatic rings. The summed E-state index contributed by atoms with van der Waals surface area (Å²) in [6, 6.07) is 10.5. The van der Waals surface area contributed by atoms with Crippen LogP contribution in [-0.2, 0) is 0 Å². The predicted molar refractivity (Wildman–Crippen MR) is 134 cm³/mol. The lowest BCUT2D eigenvalue weighted by atomic mass is 9.91. The van der Waals surface area contributed by atoms with Crippen LogP contribution in [0.3, 0.4) is 0 Å². The summed E-state index contributed by atoms with van der Waals surface area (Å²) in [5.74, 6) is 2.59. The third kappa shape index (κ3) is 3.64. The Morgan fingerprint density at radius 2 is 2.03 bits per heavy atom. The summed E-state index contributed by atoms with van der Waals surface area (Å²) >= 11 is 0. The summed E-state index contributed by atoms with van der Waals surface area (Å²) < 4.78 is 2.17. The monoisotopic (exact) mass is 438 g/mol. The molecule has 3 N–H and O–H groups in total. The van der Waals surface area contributed by atoms with E-state index in [-0.39, 0.29) is 0 Å². The van der Waals surface area contributed by atoms with Crippen LogP contribution in [0.5, 0.6) is 0 Å². The lowest BCUT2D eigenvalue weighted by Crippen LogP contribution is -2.37. The van der Waals surface area contributed by atoms with Gasteiger partial charge in [-0.05, 0) is 51.4 Å². The third-order valence-electron chi connectivity index (χ3n) is 7.33. The number of H-pyrrole nitrogens is 1. The molecule has 6 heteroatoms. The first-order valence-electron chi connectivity index (χ1n) is 11.9. The van der Waals surface area contributed by atoms with Gasteiger partial charge in [-0.1, -0.05) is 42.0 Å². The maximum absolute atomic E-state index is 6.36. The van der Waals surface area contributed by atoms with Crippen LogP contribution in [0.2, 0.25) is 0 Å². The molecule has 6 rings (SSSR count). The first-order valence-corrected chi connectivity index (χ1v) is 11.9. The Morgan fingerprint density at radius 3 is 2.85 bits per heavy atom. The number of aromatic nitrogens is 4. The molecular formula is C27H30N6. The third-order valence-corrected chi connectivity index (χ3v) is 7.33. The topological polar surface area (TPSA) is 75.2 Å². The summed E-state index contributed by atoms with van der Waals surface area (Å²) in [5, 5.41) is 1.17. The van der Waals surface area contributed by atoms with E-state index < -0.39 is 0 Å². The van der Waals surface area contributed by atoms with Crippen LogP contribution in [0.15, 0.2) is 66.5 Å². The number of aromatic amines is 1. The number of piperidine rings is 1. The van der Waals surface area contributed by atoms with Gasteiger partial charge < -0.3 is 15.6 Å². The number of benzene rings is 1. The SMILES string of the molecule is CC1=CCC=CC1CN1CCC(c2nc(-c3cc4ccccc4[nH]3)c3c(N)nccn23)CC1. The molecule has 1 aliphatic carbocycles. The quantitative estimate of drug-likeness (QED) is 0.432. The highest BCUT2D eigenvalue weighted by molar-refractivity contribution is 5.91. The lowest BCUT2D eigenvalue weighted by molar-refractivity contribution is 0.198. The van der Waals surface area contributed by atoms with Gasteiger partial charge in [-0.3, -0.25) is 4.40 Å². The minimum Gasteiger partial charge on any atom is -0.382 e. The van der Waals surface area contributed by atoms with E-state index in [0.717, 1.165) is 67.1 Å². The molecule has 1 atom stereocenters. The molecular weight excluding hydrogens is 408 g/mol. The second-order valence-electron chi connectivity index (χ2n) is 9.41. The van der Waals surface area contributed by atoms with Crippen LogP contribution in [0, 0.1) is 5.92 Å². The zero-order valence-electron chi connectivity index (χ0n) is 19.0. The van der Waals surface area contributed by atoms with E-state index in [1.54, 1.807) is 6.20 Å². The molecule has 1 aliphatic heterocycles. The van der Waals surface area contributed by atoms with E-state index >= 15 is 0 Å². The number of nitrogens with one attached hydrogen (secondary N) is 1. The van der Waals surface area contributed by atoms with Crippen molar-refractivity contribution >= 4 is 22.2 Å². The molecule has 0 radical (unpaired) electrons. The number of imidazole rings is 1. The number of anilines is 1. The van der Waals surface area contributed by atoms with Crippen molar-refractivity contribution in [1.29, 1.82) is 0 Å². The zero-order valence-corrected chi connectivity index (χ0v) is 19.0. The highest BCUT2D eigenvalue weighted by Crippen LogP contribution is 2.35. The van der Waals surface area contributed by atoms with Gasteiger partial charge in [-0.15, -0.1) is 0 Å². The molecule has 1 saturated heterocycles. The van der Waals surface area contributed by atoms with E-state index in [9.17, 15) is 0 Å². The fourth-order valence-corrected chi connectivity index (χ4v) is 5.42. The van der Waals surface area contributed by atoms with Gasteiger partial charge in [0.25, 0.3) is 0 Å². The van der Waals surface area contributed by atoms with E-state index in [1.165, 1.54) is 11.0 Å². The Labute approximate surface area is 193 Å². The smallest absolute Gasteiger partial charge is 0.150 e. The van der Waals surface area contributed by atoms with Crippen molar-refractivity contribution in [2.45, 2.75) is 32.1 Å². The van der Waals surface area contributed by atoms with Crippen molar-refractivity contribution in [2.24, 2.45) is 5.92 Å². The molecule has 4 heterocycles. The van der Waals surface area contributed by atoms with Gasteiger partial charge >= 0.3 is 0 Å². The second kappa shape index (κ2) is 8.19. The van der Waals surface area contributed by atoms with Crippen LogP contribution in [0.1, 0.15) is 37.9 Å². The number of rotatable bonds is 4. The van der Waals surface area contributed by atoms with E-state index in [1.807, 2.05) is 12.3 Å². The number of fused-ring (bicyclic) bond motifs is 2. The van der Waals surface area contributed by atoms with Gasteiger partial charge in [0.15, 0.2) is 0 Å². The standard InChI is InChI=1S/C27H30N6/c1-18-6-2-3-8-21(18)17-32-13-10-19(11-14-32)27-31-24(25-26(28)29-12-15-33(25)27)23-16-20-7-4-5-9-22(20)30-23/h3-9,12,15-16,19,21,30H,2,10-11,13-14,17H2,1H3,(H2,28,29). The Balaban J connectivity index is 1.29. The molecule has 0 spiro atoms. The fraction of sp³-hybridized carbons (Fsp3) is 0.333. The lowest BCUT2D eigenvalue weighted by Gasteiger charge is -2.34. The van der Waals surface area contributed by atoms with Gasteiger partial charge in [0, 0.05) is 41.7 Å². The Hall–Kier alpha value is -3.38. The zero-order chi connectivity index (χ0) is 22.4. The molecule has 1 fully saturated rings. The number of hydrogen-bond acceptors (Lipinski definition) is 4. The summed E-state index contributed by atoms with van der Waals surface area (Å²) in [6.45, 7) is 5.58. The van der Waals surface area contributed by atoms with Gasteiger partial charge in [0.1, 0.15) is 22.9 Å². The molecule has 168 valence electrons. The van der Waals surface area contributed by atoms with Gasteiger partial charge in [0.05, 0.1) is 5.69 Å². The maximum atomic E-state index is 6.36. The van der Waals surface area contributed by atoms with E-state index in [2.05, 4.69) is 68.7 Å². The summed E-state index contributed by atoms with van der Waals surface area (Å²) in [4.78, 5) is 15.7. The largest absolute Gasteiger partial charge is 0.382 e. The Kier molecular flexibility index (Phi) is 5.03. The molecule has 33 heavy (non-hydrogen) atoms. The summed E-state index contributed by atoms with van der Waals surface area (Å²) in [5.41, 5.74) is 11.8. The van der Waals surface area contributed by atoms with Crippen LogP contribution < -0.4 is 5.73 Å². The number of nitrogen functional groups attached to an aromatic ring is 1. The van der Waals surface area contributed by atoms with Crippen molar-refractivity contribution in [3.8, 4) is 11.4 Å². The molecule has 0 bridgehead atoms. The van der Waals surface area contributed by atoms with Crippen LogP contribution >= 0.6 is 0 Å². The highest BCUT2D eigenvalue weighted by atomic mass is 15.1. The van der Waals surface area contributed by atoms with Gasteiger partial charge in [0.2, 0.25) is 0 Å². The molecule has 0 amide bonds. The fourth-order valence-electron chi connectivity index (χ4n) is 5.42. The number of nitrogens with two attached hydrogens (primary N) is 1. The first kappa shape index (κ1) is 20.2. The number of allylic oxidation sites excluding steroid dienone is 2. The Bertz CT molecular complexity index is 1330. The molecule has 4 aromatic rings. The van der Waals surface area contributed by atoms with Crippen molar-refractivity contribution in [3.63, 3.8) is 0 Å². The van der Waals surface area contributed by atoms with Crippen LogP contribution in [0.25, 0.3) is 27.8 Å². The maximum Gasteiger partial charge on any atom is 0.150 e. The molecule has 1 aromatic carbocycles. The average Bonchev–Trinajstić information content (AvgIpc) is 3.44. The van der Waals surface area contributed by atoms with Crippen LogP contribution in [-0.4, -0.2) is 43.9 Å². The summed E-state index contributed by atoms with van der Waals surface area (Å²) in [6.07, 6.45) is 14.1. The molecule has 1 unspecified atom stereocenters. The van der Waals surface area contributed by atoms with Crippen molar-refractivity contribution in [2.75, 3.05) is 25.4 Å². The van der Waals surface area contributed by atoms with Gasteiger partial charge in [-0.25, -0.2) is 9.97 Å². The average molecular weight is 439 g/mol. The minimum atomic E-state index is 0.409. The predicted octanol–water partition coefficient (Wildman–Crippen LogP) is 5.16. The van der Waals surface area contributed by atoms with Crippen LogP contribution in [0.4, 0.5) is 5.82 Å². The van der Waals surface area contributed by atoms with Crippen molar-refractivity contribution < 1.29 is 0 Å². The van der Waals surface area contributed by atoms with Crippen molar-refractivity contribution in [1.82, 2.24) is 24.3 Å². The minimum absolute atomic E-state index is 0.409. The van der Waals surface area contributed by atoms with E-state index in [0.29, 0.717) is 17.7 Å². The van der Waals surface area contributed by atoms with Crippen molar-refractivity contribution in [3.05, 3.63) is 72.4 Å². The Morgan fingerprint density at radius 1 is 1.18 bits per heavy atom. The van der Waals surface area contributed by atoms with E-state index in [4.69, 9.17) is 10.7 Å². The summed E-state index contributed by atoms with van der Waals surface area (Å²) in [7, 11) is 0. The highest BCUT2D eigenvalue weighted by Gasteiger charge is 2.28. The molecule has 3 aromatic heterocycles. The number of likely N-dealkylation sites (tertiary alicyclic amines) is 1. The molecule has 0 saturated carbocycles. The first-order chi connectivity index (χ1) is 16.2. The number of nitrogens with zero attached hydrogens (tertiary/aromatic N) is 4. The number of hydrogen-bond donors (Lipinski definition) is 2. The van der Waals surface area contributed by atoms with Gasteiger partial charge in [-0.2, -0.15) is 0 Å². The number of para-hydroxylation sites is 1. The molecule has 6 nitrogen and oxygen atoms in total. The normalized spacial score (nSPS) is 20.0.